The molecule has 0 atom stereocenters. The Balaban J connectivity index is 1.45. The molecule has 0 bridgehead atoms. The number of amides is 2. The standard InChI is InChI=1S/C23H21N3O4/c1-16-20(7-4-8-21(16)26(29)30)23(28)25-13-11-24(12-14-25)22(27)19-10-9-17-5-2-3-6-18(17)15-19/h2-10,15H,11-14H2,1H3. The fraction of sp³-hybridized carbons (Fsp3) is 0.217. The maximum Gasteiger partial charge on any atom is 0.273 e. The van der Waals surface area contributed by atoms with Crippen LogP contribution in [0.2, 0.25) is 0 Å². The molecule has 152 valence electrons. The molecule has 0 unspecified atom stereocenters. The van der Waals surface area contributed by atoms with Gasteiger partial charge in [-0.05, 0) is 35.9 Å². The molecule has 1 heterocycles. The number of rotatable bonds is 3. The number of nitrogens with zero attached hydrogens (tertiary/aromatic N) is 3. The Morgan fingerprint density at radius 1 is 0.833 bits per heavy atom. The molecule has 1 aliphatic heterocycles. The van der Waals surface area contributed by atoms with Crippen molar-refractivity contribution in [3.05, 3.63) is 87.5 Å². The van der Waals surface area contributed by atoms with Crippen molar-refractivity contribution < 1.29 is 14.5 Å². The van der Waals surface area contributed by atoms with E-state index in [0.29, 0.717) is 42.9 Å². The summed E-state index contributed by atoms with van der Waals surface area (Å²) in [5, 5.41) is 13.2. The van der Waals surface area contributed by atoms with E-state index in [1.165, 1.54) is 12.1 Å². The SMILES string of the molecule is Cc1c(C(=O)N2CCN(C(=O)c3ccc4ccccc4c3)CC2)cccc1[N+](=O)[O-]. The van der Waals surface area contributed by atoms with Crippen LogP contribution in [0.4, 0.5) is 5.69 Å². The zero-order chi connectivity index (χ0) is 21.3. The summed E-state index contributed by atoms with van der Waals surface area (Å²) in [5.74, 6) is -0.298. The van der Waals surface area contributed by atoms with Gasteiger partial charge in [-0.2, -0.15) is 0 Å². The zero-order valence-corrected chi connectivity index (χ0v) is 16.6. The minimum Gasteiger partial charge on any atom is -0.335 e. The number of hydrogen-bond acceptors (Lipinski definition) is 4. The fourth-order valence-corrected chi connectivity index (χ4v) is 3.84. The first kappa shape index (κ1) is 19.6. The van der Waals surface area contributed by atoms with E-state index in [1.807, 2.05) is 42.5 Å². The minimum absolute atomic E-state index is 0.0561. The molecule has 4 rings (SSSR count). The molecule has 0 aromatic heterocycles. The summed E-state index contributed by atoms with van der Waals surface area (Å²) in [4.78, 5) is 39.9. The third kappa shape index (κ3) is 3.61. The number of nitro benzene ring substituents is 1. The van der Waals surface area contributed by atoms with Gasteiger partial charge in [0.2, 0.25) is 0 Å². The second kappa shape index (κ2) is 7.94. The summed E-state index contributed by atoms with van der Waals surface area (Å²) in [5.41, 5.74) is 1.26. The molecule has 3 aromatic carbocycles. The third-order valence-corrected chi connectivity index (χ3v) is 5.58. The summed E-state index contributed by atoms with van der Waals surface area (Å²) >= 11 is 0. The van der Waals surface area contributed by atoms with Gasteiger partial charge in [0.25, 0.3) is 17.5 Å². The van der Waals surface area contributed by atoms with Crippen LogP contribution < -0.4 is 0 Å². The van der Waals surface area contributed by atoms with Crippen LogP contribution in [0.15, 0.2) is 60.7 Å². The van der Waals surface area contributed by atoms with Gasteiger partial charge in [0, 0.05) is 48.9 Å². The van der Waals surface area contributed by atoms with Crippen LogP contribution in [0.25, 0.3) is 10.8 Å². The summed E-state index contributed by atoms with van der Waals surface area (Å²) in [6.45, 7) is 3.21. The number of fused-ring (bicyclic) bond motifs is 1. The molecule has 0 radical (unpaired) electrons. The van der Waals surface area contributed by atoms with Gasteiger partial charge in [0.1, 0.15) is 0 Å². The van der Waals surface area contributed by atoms with E-state index < -0.39 is 4.92 Å². The molecule has 1 aliphatic rings. The van der Waals surface area contributed by atoms with Gasteiger partial charge in [0.05, 0.1) is 4.92 Å². The highest BCUT2D eigenvalue weighted by Crippen LogP contribution is 2.23. The van der Waals surface area contributed by atoms with Crippen LogP contribution in [-0.2, 0) is 0 Å². The Morgan fingerprint density at radius 3 is 2.13 bits per heavy atom. The second-order valence-electron chi connectivity index (χ2n) is 7.35. The van der Waals surface area contributed by atoms with Crippen molar-refractivity contribution in [1.29, 1.82) is 0 Å². The molecule has 3 aromatic rings. The molecule has 0 aliphatic carbocycles. The molecule has 0 saturated carbocycles. The van der Waals surface area contributed by atoms with E-state index >= 15 is 0 Å². The smallest absolute Gasteiger partial charge is 0.273 e. The molecule has 0 spiro atoms. The summed E-state index contributed by atoms with van der Waals surface area (Å²) in [6, 6.07) is 18.1. The largest absolute Gasteiger partial charge is 0.335 e. The fourth-order valence-electron chi connectivity index (χ4n) is 3.84. The lowest BCUT2D eigenvalue weighted by Gasteiger charge is -2.35. The van der Waals surface area contributed by atoms with Gasteiger partial charge in [-0.25, -0.2) is 0 Å². The lowest BCUT2D eigenvalue weighted by Crippen LogP contribution is -2.50. The first-order valence-electron chi connectivity index (χ1n) is 9.77. The average Bonchev–Trinajstić information content (AvgIpc) is 2.78. The van der Waals surface area contributed by atoms with Gasteiger partial charge in [-0.1, -0.05) is 36.4 Å². The number of nitro groups is 1. The lowest BCUT2D eigenvalue weighted by molar-refractivity contribution is -0.385. The van der Waals surface area contributed by atoms with Crippen molar-refractivity contribution in [2.75, 3.05) is 26.2 Å². The lowest BCUT2D eigenvalue weighted by atomic mass is 10.0. The predicted octanol–water partition coefficient (Wildman–Crippen LogP) is 3.65. The molecule has 2 amide bonds. The number of carbonyl (C=O) groups excluding carboxylic acids is 2. The van der Waals surface area contributed by atoms with Gasteiger partial charge < -0.3 is 9.80 Å². The van der Waals surface area contributed by atoms with Gasteiger partial charge in [0.15, 0.2) is 0 Å². The van der Waals surface area contributed by atoms with Crippen LogP contribution in [-0.4, -0.2) is 52.7 Å². The first-order chi connectivity index (χ1) is 14.5. The average molecular weight is 403 g/mol. The zero-order valence-electron chi connectivity index (χ0n) is 16.6. The van der Waals surface area contributed by atoms with Crippen molar-refractivity contribution >= 4 is 28.3 Å². The van der Waals surface area contributed by atoms with Crippen LogP contribution in [0.1, 0.15) is 26.3 Å². The van der Waals surface area contributed by atoms with Crippen LogP contribution >= 0.6 is 0 Å². The number of piperazine rings is 1. The monoisotopic (exact) mass is 403 g/mol. The molecular weight excluding hydrogens is 382 g/mol. The second-order valence-corrected chi connectivity index (χ2v) is 7.35. The Bertz CT molecular complexity index is 1150. The minimum atomic E-state index is -0.480. The number of carbonyl (C=O) groups is 2. The van der Waals surface area contributed by atoms with E-state index in [0.717, 1.165) is 10.8 Å². The number of benzene rings is 3. The Morgan fingerprint density at radius 2 is 1.47 bits per heavy atom. The van der Waals surface area contributed by atoms with Crippen molar-refractivity contribution in [3.8, 4) is 0 Å². The quantitative estimate of drug-likeness (QED) is 0.494. The highest BCUT2D eigenvalue weighted by atomic mass is 16.6. The predicted molar refractivity (Wildman–Crippen MR) is 114 cm³/mol. The molecule has 1 fully saturated rings. The number of hydrogen-bond donors (Lipinski definition) is 0. The highest BCUT2D eigenvalue weighted by Gasteiger charge is 2.27. The summed E-state index contributed by atoms with van der Waals surface area (Å²) in [7, 11) is 0. The summed E-state index contributed by atoms with van der Waals surface area (Å²) in [6.07, 6.45) is 0. The van der Waals surface area contributed by atoms with Gasteiger partial charge >= 0.3 is 0 Å². The first-order valence-corrected chi connectivity index (χ1v) is 9.77. The van der Waals surface area contributed by atoms with Gasteiger partial charge in [-0.15, -0.1) is 0 Å². The van der Waals surface area contributed by atoms with E-state index in [1.54, 1.807) is 22.8 Å². The normalized spacial score (nSPS) is 14.0. The molecule has 7 heteroatoms. The van der Waals surface area contributed by atoms with Crippen molar-refractivity contribution in [1.82, 2.24) is 9.80 Å². The summed E-state index contributed by atoms with van der Waals surface area (Å²) < 4.78 is 0. The molecule has 1 saturated heterocycles. The van der Waals surface area contributed by atoms with Crippen LogP contribution in [0, 0.1) is 17.0 Å². The Hall–Kier alpha value is -3.74. The van der Waals surface area contributed by atoms with Gasteiger partial charge in [-0.3, -0.25) is 19.7 Å². The maximum atomic E-state index is 12.9. The van der Waals surface area contributed by atoms with Crippen LogP contribution in [0.3, 0.4) is 0 Å². The van der Waals surface area contributed by atoms with E-state index in [9.17, 15) is 19.7 Å². The van der Waals surface area contributed by atoms with Crippen LogP contribution in [0.5, 0.6) is 0 Å². The third-order valence-electron chi connectivity index (χ3n) is 5.58. The highest BCUT2D eigenvalue weighted by molar-refractivity contribution is 5.99. The van der Waals surface area contributed by atoms with Crippen molar-refractivity contribution in [2.24, 2.45) is 0 Å². The van der Waals surface area contributed by atoms with Crippen molar-refractivity contribution in [3.63, 3.8) is 0 Å². The van der Waals surface area contributed by atoms with E-state index in [-0.39, 0.29) is 17.5 Å². The Labute approximate surface area is 173 Å². The van der Waals surface area contributed by atoms with Crippen molar-refractivity contribution in [2.45, 2.75) is 6.92 Å². The molecule has 0 N–H and O–H groups in total. The molecule has 30 heavy (non-hydrogen) atoms. The van der Waals surface area contributed by atoms with E-state index in [2.05, 4.69) is 0 Å². The maximum absolute atomic E-state index is 12.9. The molecular formula is C23H21N3O4. The van der Waals surface area contributed by atoms with E-state index in [4.69, 9.17) is 0 Å². The Kier molecular flexibility index (Phi) is 5.18. The molecule has 7 nitrogen and oxygen atoms in total. The topological polar surface area (TPSA) is 83.8 Å².